The molecule has 0 fully saturated rings. The molecule has 4 nitrogen and oxygen atoms in total. The molecule has 0 amide bonds. The summed E-state index contributed by atoms with van der Waals surface area (Å²) in [6, 6.07) is 14.6. The molecule has 0 N–H and O–H groups in total. The number of rotatable bonds is 3. The molecule has 1 aromatic heterocycles. The van der Waals surface area contributed by atoms with Crippen LogP contribution in [0.1, 0.15) is 5.56 Å². The van der Waals surface area contributed by atoms with E-state index in [0.717, 1.165) is 16.9 Å². The summed E-state index contributed by atoms with van der Waals surface area (Å²) in [7, 11) is -3.97. The zero-order valence-corrected chi connectivity index (χ0v) is 13.3. The van der Waals surface area contributed by atoms with E-state index >= 15 is 0 Å². The Balaban J connectivity index is 2.09. The molecule has 6 heteroatoms. The first-order valence-corrected chi connectivity index (χ1v) is 8.72. The Hall–Kier alpha value is -2.18. The van der Waals surface area contributed by atoms with Crippen molar-refractivity contribution in [1.29, 1.82) is 0 Å². The number of aryl methyl sites for hydroxylation is 1. The van der Waals surface area contributed by atoms with Crippen LogP contribution >= 0.6 is 11.3 Å². The monoisotopic (exact) mass is 332 g/mol. The van der Waals surface area contributed by atoms with Gasteiger partial charge in [-0.15, -0.1) is 0 Å². The predicted octanol–water partition coefficient (Wildman–Crippen LogP) is 3.34. The van der Waals surface area contributed by atoms with Crippen LogP contribution in [0.15, 0.2) is 64.3 Å². The van der Waals surface area contributed by atoms with Crippen LogP contribution in [0, 0.1) is 6.92 Å². The van der Waals surface area contributed by atoms with Crippen molar-refractivity contribution in [3.05, 3.63) is 69.7 Å². The molecule has 2 aromatic carbocycles. The van der Waals surface area contributed by atoms with Crippen molar-refractivity contribution in [2.75, 3.05) is 0 Å². The molecule has 0 saturated heterocycles. The fraction of sp³-hybridized carbons (Fsp3) is 0.0625. The van der Waals surface area contributed by atoms with Crippen molar-refractivity contribution in [3.63, 3.8) is 0 Å². The lowest BCUT2D eigenvalue weighted by molar-refractivity contribution is 0.488. The van der Waals surface area contributed by atoms with Crippen molar-refractivity contribution < 1.29 is 12.6 Å². The van der Waals surface area contributed by atoms with Gasteiger partial charge in [0.05, 0.1) is 0 Å². The SMILES string of the molecule is Cc1ccc(S(=O)(=O)Oc2cc(=O)sc3ccccc23)cc1. The molecule has 112 valence electrons. The molecular weight excluding hydrogens is 320 g/mol. The van der Waals surface area contributed by atoms with Gasteiger partial charge in [0.2, 0.25) is 4.74 Å². The van der Waals surface area contributed by atoms with E-state index in [2.05, 4.69) is 0 Å². The first-order chi connectivity index (χ1) is 10.5. The maximum atomic E-state index is 12.3. The molecule has 0 unspecified atom stereocenters. The highest BCUT2D eigenvalue weighted by Gasteiger charge is 2.18. The molecule has 22 heavy (non-hydrogen) atoms. The lowest BCUT2D eigenvalue weighted by Gasteiger charge is -2.09. The Morgan fingerprint density at radius 3 is 2.41 bits per heavy atom. The van der Waals surface area contributed by atoms with E-state index in [9.17, 15) is 13.2 Å². The van der Waals surface area contributed by atoms with Gasteiger partial charge in [-0.3, -0.25) is 4.79 Å². The Morgan fingerprint density at radius 1 is 1.00 bits per heavy atom. The molecule has 0 aliphatic carbocycles. The molecular formula is C16H12O4S2. The summed E-state index contributed by atoms with van der Waals surface area (Å²) in [6.45, 7) is 1.87. The van der Waals surface area contributed by atoms with Gasteiger partial charge in [0.1, 0.15) is 4.90 Å². The minimum absolute atomic E-state index is 0.0555. The van der Waals surface area contributed by atoms with Crippen LogP contribution < -0.4 is 8.93 Å². The van der Waals surface area contributed by atoms with E-state index < -0.39 is 10.1 Å². The normalized spacial score (nSPS) is 11.5. The Bertz CT molecular complexity index is 987. The topological polar surface area (TPSA) is 60.4 Å². The van der Waals surface area contributed by atoms with Crippen molar-refractivity contribution in [2.24, 2.45) is 0 Å². The molecule has 0 radical (unpaired) electrons. The van der Waals surface area contributed by atoms with Crippen LogP contribution in [-0.4, -0.2) is 8.42 Å². The van der Waals surface area contributed by atoms with E-state index in [0.29, 0.717) is 10.1 Å². The van der Waals surface area contributed by atoms with Crippen LogP contribution in [0.4, 0.5) is 0 Å². The molecule has 1 heterocycles. The molecule has 3 rings (SSSR count). The summed E-state index contributed by atoms with van der Waals surface area (Å²) >= 11 is 1.05. The van der Waals surface area contributed by atoms with E-state index in [1.165, 1.54) is 18.2 Å². The molecule has 0 aliphatic heterocycles. The van der Waals surface area contributed by atoms with Gasteiger partial charge in [-0.1, -0.05) is 41.2 Å². The summed E-state index contributed by atoms with van der Waals surface area (Å²) in [5.74, 6) is 0.0555. The lowest BCUT2D eigenvalue weighted by Crippen LogP contribution is -2.11. The Labute approximate surface area is 131 Å². The van der Waals surface area contributed by atoms with Gasteiger partial charge in [-0.25, -0.2) is 0 Å². The summed E-state index contributed by atoms with van der Waals surface area (Å²) in [5.41, 5.74) is 0.952. The number of hydrogen-bond acceptors (Lipinski definition) is 5. The lowest BCUT2D eigenvalue weighted by atomic mass is 10.2. The fourth-order valence-electron chi connectivity index (χ4n) is 2.02. The van der Waals surface area contributed by atoms with Crippen LogP contribution in [0.25, 0.3) is 10.1 Å². The Morgan fingerprint density at radius 2 is 1.68 bits per heavy atom. The molecule has 0 aliphatic rings. The summed E-state index contributed by atoms with van der Waals surface area (Å²) in [6.07, 6.45) is 0. The van der Waals surface area contributed by atoms with Gasteiger partial charge in [0, 0.05) is 16.2 Å². The van der Waals surface area contributed by atoms with Gasteiger partial charge >= 0.3 is 10.1 Å². The minimum Gasteiger partial charge on any atom is -0.378 e. The number of benzene rings is 2. The summed E-state index contributed by atoms with van der Waals surface area (Å²) in [5, 5.41) is 0.600. The molecule has 0 spiro atoms. The summed E-state index contributed by atoms with van der Waals surface area (Å²) in [4.78, 5) is 11.8. The van der Waals surface area contributed by atoms with Crippen LogP contribution in [0.3, 0.4) is 0 Å². The van der Waals surface area contributed by atoms with Crippen molar-refractivity contribution in [3.8, 4) is 5.75 Å². The van der Waals surface area contributed by atoms with Gasteiger partial charge in [-0.05, 0) is 31.2 Å². The maximum absolute atomic E-state index is 12.3. The quantitative estimate of drug-likeness (QED) is 0.690. The first-order valence-electron chi connectivity index (χ1n) is 6.50. The molecule has 0 atom stereocenters. The van der Waals surface area contributed by atoms with E-state index in [1.807, 2.05) is 6.92 Å². The van der Waals surface area contributed by atoms with Crippen molar-refractivity contribution >= 4 is 31.5 Å². The second-order valence-corrected chi connectivity index (χ2v) is 7.37. The van der Waals surface area contributed by atoms with Gasteiger partial charge in [0.25, 0.3) is 0 Å². The minimum atomic E-state index is -3.97. The fourth-order valence-corrected chi connectivity index (χ4v) is 3.77. The Kier molecular flexibility index (Phi) is 3.72. The molecule has 0 saturated carbocycles. The highest BCUT2D eigenvalue weighted by atomic mass is 32.2. The highest BCUT2D eigenvalue weighted by molar-refractivity contribution is 7.87. The second-order valence-electron chi connectivity index (χ2n) is 4.78. The van der Waals surface area contributed by atoms with Crippen LogP contribution in [-0.2, 0) is 10.1 Å². The molecule has 0 bridgehead atoms. The summed E-state index contributed by atoms with van der Waals surface area (Å²) < 4.78 is 30.3. The van der Waals surface area contributed by atoms with Crippen molar-refractivity contribution in [1.82, 2.24) is 0 Å². The molecule has 3 aromatic rings. The largest absolute Gasteiger partial charge is 0.378 e. The number of fused-ring (bicyclic) bond motifs is 1. The zero-order valence-electron chi connectivity index (χ0n) is 11.6. The third-order valence-corrected chi connectivity index (χ3v) is 5.26. The number of hydrogen-bond donors (Lipinski definition) is 0. The third kappa shape index (κ3) is 2.88. The van der Waals surface area contributed by atoms with E-state index in [1.54, 1.807) is 36.4 Å². The zero-order chi connectivity index (χ0) is 15.7. The smallest absolute Gasteiger partial charge is 0.339 e. The van der Waals surface area contributed by atoms with Gasteiger partial charge in [-0.2, -0.15) is 8.42 Å². The van der Waals surface area contributed by atoms with Crippen molar-refractivity contribution in [2.45, 2.75) is 11.8 Å². The van der Waals surface area contributed by atoms with Crippen LogP contribution in [0.5, 0.6) is 5.75 Å². The van der Waals surface area contributed by atoms with Crippen LogP contribution in [0.2, 0.25) is 0 Å². The standard InChI is InChI=1S/C16H12O4S2/c1-11-6-8-12(9-7-11)22(18,19)20-14-10-16(17)21-15-5-3-2-4-13(14)15/h2-10H,1H3. The predicted molar refractivity (Wildman–Crippen MR) is 87.1 cm³/mol. The highest BCUT2D eigenvalue weighted by Crippen LogP contribution is 2.28. The average Bonchev–Trinajstić information content (AvgIpc) is 2.47. The van der Waals surface area contributed by atoms with E-state index in [4.69, 9.17) is 4.18 Å². The van der Waals surface area contributed by atoms with Gasteiger partial charge < -0.3 is 4.18 Å². The van der Waals surface area contributed by atoms with Gasteiger partial charge in [0.15, 0.2) is 5.75 Å². The van der Waals surface area contributed by atoms with E-state index in [-0.39, 0.29) is 15.4 Å². The second kappa shape index (κ2) is 5.55. The average molecular weight is 332 g/mol. The third-order valence-electron chi connectivity index (χ3n) is 3.12. The maximum Gasteiger partial charge on any atom is 0.339 e. The first kappa shape index (κ1) is 14.7.